The Morgan fingerprint density at radius 1 is 1.45 bits per heavy atom. The molecule has 0 amide bonds. The average Bonchev–Trinajstić information content (AvgIpc) is 2.58. The quantitative estimate of drug-likeness (QED) is 0.591. The van der Waals surface area contributed by atoms with E-state index in [-0.39, 0.29) is 0 Å². The molecule has 0 aromatic rings. The molecule has 0 aromatic carbocycles. The first-order valence-corrected chi connectivity index (χ1v) is 5.62. The van der Waals surface area contributed by atoms with Gasteiger partial charge in [0.05, 0.1) is 0 Å². The van der Waals surface area contributed by atoms with Gasteiger partial charge in [0.15, 0.2) is 0 Å². The van der Waals surface area contributed by atoms with Crippen LogP contribution in [0.15, 0.2) is 12.3 Å². The van der Waals surface area contributed by atoms with Crippen LogP contribution in [0.3, 0.4) is 0 Å². The summed E-state index contributed by atoms with van der Waals surface area (Å²) >= 11 is 2.11. The second-order valence-corrected chi connectivity index (χ2v) is 4.43. The predicted molar refractivity (Wildman–Crippen MR) is 50.8 cm³/mol. The molecule has 0 aliphatic carbocycles. The molecule has 1 saturated heterocycles. The number of thioether (sulfide) groups is 1. The molecule has 0 saturated carbocycles. The molecule has 2 heteroatoms. The Morgan fingerprint density at radius 2 is 2.45 bits per heavy atom. The molecular formula is C9H15NS. The lowest BCUT2D eigenvalue weighted by atomic mass is 10.1. The Balaban J connectivity index is 1.87. The van der Waals surface area contributed by atoms with Crippen LogP contribution in [0.2, 0.25) is 0 Å². The van der Waals surface area contributed by atoms with E-state index < -0.39 is 0 Å². The van der Waals surface area contributed by atoms with Gasteiger partial charge in [-0.05, 0) is 31.2 Å². The first-order valence-electron chi connectivity index (χ1n) is 4.47. The van der Waals surface area contributed by atoms with E-state index >= 15 is 0 Å². The van der Waals surface area contributed by atoms with E-state index in [2.05, 4.69) is 28.9 Å². The predicted octanol–water partition coefficient (Wildman–Crippen LogP) is 2.10. The molecule has 2 aliphatic rings. The van der Waals surface area contributed by atoms with E-state index in [0.717, 1.165) is 6.04 Å². The van der Waals surface area contributed by atoms with Gasteiger partial charge >= 0.3 is 0 Å². The zero-order valence-electron chi connectivity index (χ0n) is 6.83. The molecule has 62 valence electrons. The Hall–Kier alpha value is -0.110. The van der Waals surface area contributed by atoms with Crippen molar-refractivity contribution in [2.45, 2.75) is 25.3 Å². The lowest BCUT2D eigenvalue weighted by Crippen LogP contribution is -2.33. The maximum absolute atomic E-state index is 2.52. The zero-order valence-corrected chi connectivity index (χ0v) is 7.65. The van der Waals surface area contributed by atoms with Crippen molar-refractivity contribution in [3.63, 3.8) is 0 Å². The van der Waals surface area contributed by atoms with Crippen LogP contribution in [0.5, 0.6) is 0 Å². The summed E-state index contributed by atoms with van der Waals surface area (Å²) in [5.41, 5.74) is 0. The summed E-state index contributed by atoms with van der Waals surface area (Å²) in [4.78, 5) is 2.52. The standard InChI is InChI=1S/C9H15NS/c1-2-6-10(5-1)9-4-3-7-11-8-9/h1,5,9H,2-4,6-8H2. The van der Waals surface area contributed by atoms with Gasteiger partial charge in [-0.1, -0.05) is 6.08 Å². The van der Waals surface area contributed by atoms with Crippen molar-refractivity contribution >= 4 is 11.8 Å². The van der Waals surface area contributed by atoms with Crippen molar-refractivity contribution in [1.29, 1.82) is 0 Å². The topological polar surface area (TPSA) is 3.24 Å². The summed E-state index contributed by atoms with van der Waals surface area (Å²) in [6.07, 6.45) is 8.67. The van der Waals surface area contributed by atoms with Gasteiger partial charge in [0.2, 0.25) is 0 Å². The van der Waals surface area contributed by atoms with Gasteiger partial charge in [-0.25, -0.2) is 0 Å². The van der Waals surface area contributed by atoms with E-state index in [9.17, 15) is 0 Å². The molecule has 1 unspecified atom stereocenters. The number of hydrogen-bond acceptors (Lipinski definition) is 2. The fourth-order valence-electron chi connectivity index (χ4n) is 1.80. The van der Waals surface area contributed by atoms with Crippen LogP contribution in [0.1, 0.15) is 19.3 Å². The summed E-state index contributed by atoms with van der Waals surface area (Å²) in [5.74, 6) is 2.73. The SMILES string of the molecule is C1=CN(C2CCCSC2)CC1. The van der Waals surface area contributed by atoms with Gasteiger partial charge in [-0.15, -0.1) is 0 Å². The minimum Gasteiger partial charge on any atom is -0.374 e. The molecule has 1 atom stereocenters. The highest BCUT2D eigenvalue weighted by molar-refractivity contribution is 7.99. The van der Waals surface area contributed by atoms with Crippen molar-refractivity contribution < 1.29 is 0 Å². The van der Waals surface area contributed by atoms with E-state index in [4.69, 9.17) is 0 Å². The van der Waals surface area contributed by atoms with E-state index in [1.54, 1.807) is 0 Å². The minimum atomic E-state index is 0.854. The lowest BCUT2D eigenvalue weighted by molar-refractivity contribution is 0.300. The van der Waals surface area contributed by atoms with Crippen molar-refractivity contribution in [2.24, 2.45) is 0 Å². The average molecular weight is 169 g/mol. The first kappa shape index (κ1) is 7.53. The van der Waals surface area contributed by atoms with Crippen LogP contribution in [0.4, 0.5) is 0 Å². The third-order valence-corrected chi connectivity index (χ3v) is 3.65. The number of hydrogen-bond donors (Lipinski definition) is 0. The molecule has 0 bridgehead atoms. The van der Waals surface area contributed by atoms with Crippen LogP contribution in [-0.2, 0) is 0 Å². The van der Waals surface area contributed by atoms with Gasteiger partial charge in [0, 0.05) is 18.3 Å². The van der Waals surface area contributed by atoms with Crippen LogP contribution in [0.25, 0.3) is 0 Å². The highest BCUT2D eigenvalue weighted by Gasteiger charge is 2.19. The molecular weight excluding hydrogens is 154 g/mol. The van der Waals surface area contributed by atoms with Crippen molar-refractivity contribution in [2.75, 3.05) is 18.1 Å². The van der Waals surface area contributed by atoms with E-state index in [1.165, 1.54) is 37.3 Å². The monoisotopic (exact) mass is 169 g/mol. The van der Waals surface area contributed by atoms with Crippen LogP contribution in [-0.4, -0.2) is 29.0 Å². The van der Waals surface area contributed by atoms with Gasteiger partial charge in [-0.3, -0.25) is 0 Å². The normalized spacial score (nSPS) is 31.3. The maximum Gasteiger partial charge on any atom is 0.0375 e. The van der Waals surface area contributed by atoms with Crippen LogP contribution < -0.4 is 0 Å². The molecule has 2 rings (SSSR count). The van der Waals surface area contributed by atoms with Crippen LogP contribution in [0, 0.1) is 0 Å². The molecule has 11 heavy (non-hydrogen) atoms. The fraction of sp³-hybridized carbons (Fsp3) is 0.778. The Morgan fingerprint density at radius 3 is 3.09 bits per heavy atom. The highest BCUT2D eigenvalue weighted by atomic mass is 32.2. The second-order valence-electron chi connectivity index (χ2n) is 3.28. The maximum atomic E-state index is 2.52. The summed E-state index contributed by atoms with van der Waals surface area (Å²) in [5, 5.41) is 0. The van der Waals surface area contributed by atoms with E-state index in [0.29, 0.717) is 0 Å². The zero-order chi connectivity index (χ0) is 7.52. The third-order valence-electron chi connectivity index (χ3n) is 2.46. The molecule has 1 fully saturated rings. The molecule has 0 spiro atoms. The first-order chi connectivity index (χ1) is 5.47. The van der Waals surface area contributed by atoms with Crippen molar-refractivity contribution in [3.8, 4) is 0 Å². The second kappa shape index (κ2) is 3.53. The molecule has 0 aromatic heterocycles. The Labute approximate surface area is 72.8 Å². The van der Waals surface area contributed by atoms with Crippen molar-refractivity contribution in [3.05, 3.63) is 12.3 Å². The summed E-state index contributed by atoms with van der Waals surface area (Å²) in [6, 6.07) is 0.854. The highest BCUT2D eigenvalue weighted by Crippen LogP contribution is 2.23. The summed E-state index contributed by atoms with van der Waals surface area (Å²) in [7, 11) is 0. The third kappa shape index (κ3) is 1.73. The molecule has 1 nitrogen and oxygen atoms in total. The van der Waals surface area contributed by atoms with Gasteiger partial charge < -0.3 is 4.90 Å². The van der Waals surface area contributed by atoms with Crippen LogP contribution >= 0.6 is 11.8 Å². The summed E-state index contributed by atoms with van der Waals surface area (Å²) in [6.45, 7) is 1.27. The van der Waals surface area contributed by atoms with Gasteiger partial charge in [-0.2, -0.15) is 11.8 Å². The molecule has 0 radical (unpaired) electrons. The van der Waals surface area contributed by atoms with E-state index in [1.807, 2.05) is 0 Å². The Kier molecular flexibility index (Phi) is 2.41. The number of rotatable bonds is 1. The smallest absolute Gasteiger partial charge is 0.0375 e. The number of nitrogens with zero attached hydrogens (tertiary/aromatic N) is 1. The largest absolute Gasteiger partial charge is 0.374 e. The molecule has 2 heterocycles. The lowest BCUT2D eigenvalue weighted by Gasteiger charge is -2.30. The van der Waals surface area contributed by atoms with Crippen molar-refractivity contribution in [1.82, 2.24) is 4.90 Å². The molecule has 2 aliphatic heterocycles. The van der Waals surface area contributed by atoms with Gasteiger partial charge in [0.25, 0.3) is 0 Å². The summed E-state index contributed by atoms with van der Waals surface area (Å²) < 4.78 is 0. The minimum absolute atomic E-state index is 0.854. The molecule has 0 N–H and O–H groups in total. The van der Waals surface area contributed by atoms with Gasteiger partial charge in [0.1, 0.15) is 0 Å². The fourth-order valence-corrected chi connectivity index (χ4v) is 2.97. The Bertz CT molecular complexity index is 150.